The number of rotatable bonds is 4. The molecule has 1 heterocycles. The molecule has 0 bridgehead atoms. The van der Waals surface area contributed by atoms with Crippen molar-refractivity contribution in [2.75, 3.05) is 5.32 Å². The lowest BCUT2D eigenvalue weighted by Crippen LogP contribution is -2.14. The number of H-pyrrole nitrogens is 1. The standard InChI is InChI=1S/C22H20N2O/c1-2-16-9-6-10-19-18-12-11-17(14-20(18)24-22(16)19)23-21(25)13-15-7-4-3-5-8-15/h3-12,14,24H,2,13H2,1H3,(H,23,25). The lowest BCUT2D eigenvalue weighted by atomic mass is 10.1. The highest BCUT2D eigenvalue weighted by molar-refractivity contribution is 6.09. The van der Waals surface area contributed by atoms with Crippen molar-refractivity contribution in [3.63, 3.8) is 0 Å². The molecule has 3 aromatic carbocycles. The number of aromatic amines is 1. The average Bonchev–Trinajstić information content (AvgIpc) is 3.00. The maximum atomic E-state index is 12.3. The molecule has 0 saturated heterocycles. The van der Waals surface area contributed by atoms with Crippen LogP contribution in [0.3, 0.4) is 0 Å². The summed E-state index contributed by atoms with van der Waals surface area (Å²) in [7, 11) is 0. The molecule has 1 aromatic heterocycles. The van der Waals surface area contributed by atoms with E-state index in [0.717, 1.165) is 23.2 Å². The number of amides is 1. The number of hydrogen-bond donors (Lipinski definition) is 2. The molecule has 4 rings (SSSR count). The number of para-hydroxylation sites is 1. The van der Waals surface area contributed by atoms with Gasteiger partial charge in [0, 0.05) is 27.5 Å². The van der Waals surface area contributed by atoms with E-state index in [4.69, 9.17) is 0 Å². The molecular formula is C22H20N2O. The minimum absolute atomic E-state index is 0.00379. The third-order valence-electron chi connectivity index (χ3n) is 4.59. The van der Waals surface area contributed by atoms with Gasteiger partial charge in [-0.1, -0.05) is 61.5 Å². The van der Waals surface area contributed by atoms with E-state index in [2.05, 4.69) is 41.5 Å². The Kier molecular flexibility index (Phi) is 3.98. The van der Waals surface area contributed by atoms with Crippen LogP contribution in [0.4, 0.5) is 5.69 Å². The van der Waals surface area contributed by atoms with Crippen LogP contribution >= 0.6 is 0 Å². The van der Waals surface area contributed by atoms with Crippen LogP contribution < -0.4 is 5.32 Å². The minimum atomic E-state index is -0.00379. The number of aromatic nitrogens is 1. The van der Waals surface area contributed by atoms with Crippen LogP contribution in [0.1, 0.15) is 18.1 Å². The molecule has 4 aromatic rings. The van der Waals surface area contributed by atoms with Gasteiger partial charge in [-0.3, -0.25) is 4.79 Å². The molecule has 1 amide bonds. The van der Waals surface area contributed by atoms with Crippen molar-refractivity contribution in [2.24, 2.45) is 0 Å². The van der Waals surface area contributed by atoms with Crippen LogP contribution in [-0.2, 0) is 17.6 Å². The summed E-state index contributed by atoms with van der Waals surface area (Å²) < 4.78 is 0. The Hall–Kier alpha value is -3.07. The number of nitrogens with one attached hydrogen (secondary N) is 2. The molecule has 0 atom stereocenters. The van der Waals surface area contributed by atoms with E-state index < -0.39 is 0 Å². The van der Waals surface area contributed by atoms with Gasteiger partial charge in [-0.2, -0.15) is 0 Å². The van der Waals surface area contributed by atoms with Gasteiger partial charge < -0.3 is 10.3 Å². The maximum absolute atomic E-state index is 12.3. The summed E-state index contributed by atoms with van der Waals surface area (Å²) in [5.41, 5.74) is 5.38. The Balaban J connectivity index is 1.63. The van der Waals surface area contributed by atoms with Crippen LogP contribution in [0.25, 0.3) is 21.8 Å². The number of hydrogen-bond acceptors (Lipinski definition) is 1. The van der Waals surface area contributed by atoms with Gasteiger partial charge in [-0.15, -0.1) is 0 Å². The van der Waals surface area contributed by atoms with E-state index in [1.54, 1.807) is 0 Å². The fourth-order valence-corrected chi connectivity index (χ4v) is 3.35. The second kappa shape index (κ2) is 6.44. The Morgan fingerprint density at radius 1 is 0.960 bits per heavy atom. The highest BCUT2D eigenvalue weighted by Crippen LogP contribution is 2.29. The number of carbonyl (C=O) groups is 1. The lowest BCUT2D eigenvalue weighted by Gasteiger charge is -2.05. The summed E-state index contributed by atoms with van der Waals surface area (Å²) in [5.74, 6) is -0.00379. The first kappa shape index (κ1) is 15.5. The zero-order valence-corrected chi connectivity index (χ0v) is 14.2. The molecule has 0 fully saturated rings. The molecule has 0 aliphatic carbocycles. The van der Waals surface area contributed by atoms with Crippen molar-refractivity contribution in [2.45, 2.75) is 19.8 Å². The molecule has 3 heteroatoms. The van der Waals surface area contributed by atoms with Gasteiger partial charge >= 0.3 is 0 Å². The SMILES string of the molecule is CCc1cccc2c1[nH]c1cc(NC(=O)Cc3ccccc3)ccc12. The molecule has 124 valence electrons. The molecule has 0 aliphatic heterocycles. The quantitative estimate of drug-likeness (QED) is 0.540. The van der Waals surface area contributed by atoms with Crippen molar-refractivity contribution in [3.05, 3.63) is 77.9 Å². The largest absolute Gasteiger partial charge is 0.354 e. The van der Waals surface area contributed by atoms with E-state index in [9.17, 15) is 4.79 Å². The van der Waals surface area contributed by atoms with Crippen molar-refractivity contribution >= 4 is 33.4 Å². The predicted molar refractivity (Wildman–Crippen MR) is 104 cm³/mol. The Morgan fingerprint density at radius 2 is 1.80 bits per heavy atom. The Morgan fingerprint density at radius 3 is 2.60 bits per heavy atom. The molecule has 2 N–H and O–H groups in total. The van der Waals surface area contributed by atoms with Gasteiger partial charge in [0.2, 0.25) is 5.91 Å². The molecule has 0 spiro atoms. The topological polar surface area (TPSA) is 44.9 Å². The van der Waals surface area contributed by atoms with Gasteiger partial charge in [-0.25, -0.2) is 0 Å². The first-order chi connectivity index (χ1) is 12.2. The summed E-state index contributed by atoms with van der Waals surface area (Å²) in [6.07, 6.45) is 1.37. The van der Waals surface area contributed by atoms with Crippen LogP contribution in [-0.4, -0.2) is 10.9 Å². The number of benzene rings is 3. The van der Waals surface area contributed by atoms with Gasteiger partial charge in [0.05, 0.1) is 6.42 Å². The fraction of sp³-hybridized carbons (Fsp3) is 0.136. The summed E-state index contributed by atoms with van der Waals surface area (Å²) in [4.78, 5) is 15.8. The Bertz CT molecular complexity index is 1050. The molecule has 0 aliphatic rings. The van der Waals surface area contributed by atoms with Crippen LogP contribution in [0.2, 0.25) is 0 Å². The third-order valence-corrected chi connectivity index (χ3v) is 4.59. The van der Waals surface area contributed by atoms with Gasteiger partial charge in [0.1, 0.15) is 0 Å². The van der Waals surface area contributed by atoms with E-state index in [1.165, 1.54) is 21.9 Å². The second-order valence-electron chi connectivity index (χ2n) is 6.29. The van der Waals surface area contributed by atoms with Crippen molar-refractivity contribution < 1.29 is 4.79 Å². The van der Waals surface area contributed by atoms with E-state index in [-0.39, 0.29) is 5.91 Å². The lowest BCUT2D eigenvalue weighted by molar-refractivity contribution is -0.115. The highest BCUT2D eigenvalue weighted by Gasteiger charge is 2.09. The van der Waals surface area contributed by atoms with Gasteiger partial charge in [-0.05, 0) is 29.7 Å². The second-order valence-corrected chi connectivity index (χ2v) is 6.29. The Labute approximate surface area is 146 Å². The monoisotopic (exact) mass is 328 g/mol. The molecular weight excluding hydrogens is 308 g/mol. The summed E-state index contributed by atoms with van der Waals surface area (Å²) in [6, 6.07) is 22.2. The first-order valence-corrected chi connectivity index (χ1v) is 8.61. The van der Waals surface area contributed by atoms with Crippen LogP contribution in [0.5, 0.6) is 0 Å². The zero-order chi connectivity index (χ0) is 17.2. The maximum Gasteiger partial charge on any atom is 0.228 e. The normalized spacial score (nSPS) is 11.1. The first-order valence-electron chi connectivity index (χ1n) is 8.61. The number of anilines is 1. The number of carbonyl (C=O) groups excluding carboxylic acids is 1. The minimum Gasteiger partial charge on any atom is -0.354 e. The van der Waals surface area contributed by atoms with Crippen LogP contribution in [0, 0.1) is 0 Å². The third kappa shape index (κ3) is 3.01. The highest BCUT2D eigenvalue weighted by atomic mass is 16.1. The average molecular weight is 328 g/mol. The van der Waals surface area contributed by atoms with E-state index >= 15 is 0 Å². The van der Waals surface area contributed by atoms with Crippen molar-refractivity contribution in [3.8, 4) is 0 Å². The molecule has 0 radical (unpaired) electrons. The molecule has 0 saturated carbocycles. The van der Waals surface area contributed by atoms with Crippen molar-refractivity contribution in [1.82, 2.24) is 4.98 Å². The summed E-state index contributed by atoms with van der Waals surface area (Å²) >= 11 is 0. The van der Waals surface area contributed by atoms with Gasteiger partial charge in [0.15, 0.2) is 0 Å². The van der Waals surface area contributed by atoms with Crippen molar-refractivity contribution in [1.29, 1.82) is 0 Å². The number of fused-ring (bicyclic) bond motifs is 3. The fourth-order valence-electron chi connectivity index (χ4n) is 3.35. The molecule has 3 nitrogen and oxygen atoms in total. The number of aryl methyl sites for hydroxylation is 1. The zero-order valence-electron chi connectivity index (χ0n) is 14.2. The van der Waals surface area contributed by atoms with E-state index in [0.29, 0.717) is 6.42 Å². The van der Waals surface area contributed by atoms with E-state index in [1.807, 2.05) is 42.5 Å². The predicted octanol–water partition coefficient (Wildman–Crippen LogP) is 5.06. The summed E-state index contributed by atoms with van der Waals surface area (Å²) in [5, 5.41) is 5.42. The molecule has 0 unspecified atom stereocenters. The smallest absolute Gasteiger partial charge is 0.228 e. The van der Waals surface area contributed by atoms with Gasteiger partial charge in [0.25, 0.3) is 0 Å². The van der Waals surface area contributed by atoms with Crippen LogP contribution in [0.15, 0.2) is 66.7 Å². The summed E-state index contributed by atoms with van der Waals surface area (Å²) in [6.45, 7) is 2.16. The molecule has 25 heavy (non-hydrogen) atoms.